The van der Waals surface area contributed by atoms with E-state index < -0.39 is 35.4 Å². The van der Waals surface area contributed by atoms with Crippen LogP contribution in [-0.4, -0.2) is 44.8 Å². The highest BCUT2D eigenvalue weighted by Crippen LogP contribution is 2.38. The second-order valence-corrected chi connectivity index (χ2v) is 14.0. The normalized spacial score (nSPS) is 17.5. The number of amides is 3. The Bertz CT molecular complexity index is 1600. The zero-order valence-corrected chi connectivity index (χ0v) is 29.6. The maximum atomic E-state index is 14.6. The van der Waals surface area contributed by atoms with Gasteiger partial charge in [0, 0.05) is 74.4 Å². The molecule has 0 aromatic heterocycles. The van der Waals surface area contributed by atoms with Crippen LogP contribution in [0, 0.1) is 11.8 Å². The van der Waals surface area contributed by atoms with E-state index >= 15 is 0 Å². The number of rotatable bonds is 13. The predicted octanol–water partition coefficient (Wildman–Crippen LogP) is 9.73. The SMILES string of the molecule is CCC(F)(F)c1cc(NC(=O)Nc2ccc(N3CCC(Cc4ccccc4)CC3)c(C(=O)NCCCC3CCCOCC3)c2)cc(C(C)(F)F)c1. The molecule has 5 rings (SSSR count). The Morgan fingerprint density at radius 1 is 0.843 bits per heavy atom. The molecule has 3 aromatic rings. The van der Waals surface area contributed by atoms with Gasteiger partial charge >= 0.3 is 6.03 Å². The van der Waals surface area contributed by atoms with Gasteiger partial charge in [-0.1, -0.05) is 37.3 Å². The molecule has 0 spiro atoms. The van der Waals surface area contributed by atoms with Gasteiger partial charge in [0.1, 0.15) is 0 Å². The zero-order valence-electron chi connectivity index (χ0n) is 29.6. The molecule has 0 aliphatic carbocycles. The number of halogens is 4. The largest absolute Gasteiger partial charge is 0.381 e. The van der Waals surface area contributed by atoms with Gasteiger partial charge < -0.3 is 25.6 Å². The van der Waals surface area contributed by atoms with Gasteiger partial charge in [0.15, 0.2) is 0 Å². The summed E-state index contributed by atoms with van der Waals surface area (Å²) in [7, 11) is 0. The number of ether oxygens (including phenoxy) is 1. The van der Waals surface area contributed by atoms with Crippen LogP contribution in [0.15, 0.2) is 66.7 Å². The van der Waals surface area contributed by atoms with Crippen LogP contribution >= 0.6 is 0 Å². The van der Waals surface area contributed by atoms with Crippen molar-refractivity contribution in [3.05, 3.63) is 89.0 Å². The number of nitrogens with one attached hydrogen (secondary N) is 3. The molecule has 11 heteroatoms. The molecule has 1 unspecified atom stereocenters. The fraction of sp³-hybridized carbons (Fsp3) is 0.500. The lowest BCUT2D eigenvalue weighted by Crippen LogP contribution is -2.36. The lowest BCUT2D eigenvalue weighted by molar-refractivity contribution is -0.00991. The molecule has 3 N–H and O–H groups in total. The number of piperidine rings is 1. The highest BCUT2D eigenvalue weighted by Gasteiger charge is 2.33. The Kier molecular flexibility index (Phi) is 13.0. The molecule has 0 radical (unpaired) electrons. The summed E-state index contributed by atoms with van der Waals surface area (Å²) in [6.45, 7) is 5.52. The molecule has 2 heterocycles. The Balaban J connectivity index is 1.29. The number of anilines is 3. The maximum absolute atomic E-state index is 14.6. The van der Waals surface area contributed by atoms with Crippen LogP contribution in [0.25, 0.3) is 0 Å². The van der Waals surface area contributed by atoms with Gasteiger partial charge in [-0.3, -0.25) is 4.79 Å². The summed E-state index contributed by atoms with van der Waals surface area (Å²) < 4.78 is 63.1. The van der Waals surface area contributed by atoms with Crippen LogP contribution < -0.4 is 20.9 Å². The molecule has 2 aliphatic heterocycles. The van der Waals surface area contributed by atoms with E-state index in [0.29, 0.717) is 36.6 Å². The van der Waals surface area contributed by atoms with E-state index in [2.05, 4.69) is 45.1 Å². The average Bonchev–Trinajstić information content (AvgIpc) is 3.39. The van der Waals surface area contributed by atoms with Crippen LogP contribution in [0.5, 0.6) is 0 Å². The van der Waals surface area contributed by atoms with E-state index in [-0.39, 0.29) is 11.6 Å². The fourth-order valence-corrected chi connectivity index (χ4v) is 7.01. The van der Waals surface area contributed by atoms with Crippen molar-refractivity contribution in [1.82, 2.24) is 5.32 Å². The Morgan fingerprint density at radius 3 is 2.29 bits per heavy atom. The van der Waals surface area contributed by atoms with Crippen molar-refractivity contribution >= 4 is 29.0 Å². The molecule has 3 amide bonds. The van der Waals surface area contributed by atoms with E-state index in [0.717, 1.165) is 102 Å². The first-order valence-corrected chi connectivity index (χ1v) is 18.2. The van der Waals surface area contributed by atoms with Crippen LogP contribution in [-0.2, 0) is 23.0 Å². The fourth-order valence-electron chi connectivity index (χ4n) is 7.01. The highest BCUT2D eigenvalue weighted by atomic mass is 19.3. The van der Waals surface area contributed by atoms with Crippen molar-refractivity contribution in [2.75, 3.05) is 48.4 Å². The van der Waals surface area contributed by atoms with E-state index in [1.165, 1.54) is 12.5 Å². The van der Waals surface area contributed by atoms with Crippen LogP contribution in [0.1, 0.15) is 92.3 Å². The number of benzene rings is 3. The lowest BCUT2D eigenvalue weighted by atomic mass is 9.89. The van der Waals surface area contributed by atoms with Crippen LogP contribution in [0.3, 0.4) is 0 Å². The molecule has 0 saturated carbocycles. The third-order valence-electron chi connectivity index (χ3n) is 10.0. The standard InChI is InChI=1S/C40H50F4N4O3/c1-3-40(43,44)32-24-31(39(2,41)42)25-34(26-32)47-38(50)46-33-13-14-36(48-19-15-30(16-20-48)23-29-9-5-4-6-10-29)35(27-33)37(49)45-18-7-11-28-12-8-21-51-22-17-28/h4-6,9-10,13-14,24-28,30H,3,7-8,11-12,15-23H2,1-2H3,(H,45,49)(H2,46,47,50). The summed E-state index contributed by atoms with van der Waals surface area (Å²) in [5, 5.41) is 8.17. The highest BCUT2D eigenvalue weighted by molar-refractivity contribution is 6.04. The topological polar surface area (TPSA) is 82.7 Å². The van der Waals surface area contributed by atoms with Gasteiger partial charge in [-0.25, -0.2) is 22.4 Å². The van der Waals surface area contributed by atoms with Crippen molar-refractivity contribution in [3.63, 3.8) is 0 Å². The van der Waals surface area contributed by atoms with Gasteiger partial charge in [0.2, 0.25) is 0 Å². The molecule has 276 valence electrons. The van der Waals surface area contributed by atoms with Crippen molar-refractivity contribution in [2.45, 2.75) is 83.5 Å². The molecule has 2 saturated heterocycles. The molecule has 2 fully saturated rings. The second-order valence-electron chi connectivity index (χ2n) is 14.0. The Hall–Kier alpha value is -4.12. The minimum atomic E-state index is -3.40. The third kappa shape index (κ3) is 10.9. The molecular formula is C40H50F4N4O3. The lowest BCUT2D eigenvalue weighted by Gasteiger charge is -2.35. The van der Waals surface area contributed by atoms with Crippen molar-refractivity contribution in [1.29, 1.82) is 0 Å². The smallest absolute Gasteiger partial charge is 0.323 e. The summed E-state index contributed by atoms with van der Waals surface area (Å²) in [6, 6.07) is 17.5. The summed E-state index contributed by atoms with van der Waals surface area (Å²) in [6.07, 6.45) is 7.41. The van der Waals surface area contributed by atoms with Gasteiger partial charge in [0.05, 0.1) is 5.56 Å². The maximum Gasteiger partial charge on any atom is 0.323 e. The number of carbonyl (C=O) groups is 2. The third-order valence-corrected chi connectivity index (χ3v) is 10.0. The first kappa shape index (κ1) is 38.1. The van der Waals surface area contributed by atoms with E-state index in [1.807, 2.05) is 12.1 Å². The molecule has 51 heavy (non-hydrogen) atoms. The van der Waals surface area contributed by atoms with Gasteiger partial charge in [-0.05, 0) is 105 Å². The first-order valence-electron chi connectivity index (χ1n) is 18.2. The molecule has 7 nitrogen and oxygen atoms in total. The number of hydrogen-bond donors (Lipinski definition) is 3. The number of nitrogens with zero attached hydrogens (tertiary/aromatic N) is 1. The van der Waals surface area contributed by atoms with Gasteiger partial charge in [-0.15, -0.1) is 0 Å². The second kappa shape index (κ2) is 17.4. The summed E-state index contributed by atoms with van der Waals surface area (Å²) >= 11 is 0. The number of carbonyl (C=O) groups excluding carboxylic acids is 2. The summed E-state index contributed by atoms with van der Waals surface area (Å²) in [5.41, 5.74) is 1.36. The number of urea groups is 1. The van der Waals surface area contributed by atoms with Crippen molar-refractivity contribution in [2.24, 2.45) is 11.8 Å². The molecule has 2 aliphatic rings. The minimum Gasteiger partial charge on any atom is -0.381 e. The average molecular weight is 711 g/mol. The monoisotopic (exact) mass is 710 g/mol. The van der Waals surface area contributed by atoms with Crippen molar-refractivity contribution in [3.8, 4) is 0 Å². The Morgan fingerprint density at radius 2 is 1.57 bits per heavy atom. The van der Waals surface area contributed by atoms with Crippen LogP contribution in [0.2, 0.25) is 0 Å². The number of alkyl halides is 4. The van der Waals surface area contributed by atoms with Crippen LogP contribution in [0.4, 0.5) is 39.4 Å². The first-order chi connectivity index (χ1) is 24.4. The van der Waals surface area contributed by atoms with Gasteiger partial charge in [0.25, 0.3) is 17.8 Å². The summed E-state index contributed by atoms with van der Waals surface area (Å²) in [4.78, 5) is 29.0. The zero-order chi connectivity index (χ0) is 36.4. The van der Waals surface area contributed by atoms with E-state index in [9.17, 15) is 27.2 Å². The van der Waals surface area contributed by atoms with E-state index in [4.69, 9.17) is 4.74 Å². The van der Waals surface area contributed by atoms with Crippen molar-refractivity contribution < 1.29 is 31.9 Å². The molecule has 0 bridgehead atoms. The molecular weight excluding hydrogens is 660 g/mol. The quantitative estimate of drug-likeness (QED) is 0.122. The molecule has 3 aromatic carbocycles. The van der Waals surface area contributed by atoms with Gasteiger partial charge in [-0.2, -0.15) is 0 Å². The Labute approximate surface area is 298 Å². The van der Waals surface area contributed by atoms with E-state index in [1.54, 1.807) is 12.1 Å². The number of hydrogen-bond acceptors (Lipinski definition) is 4. The summed E-state index contributed by atoms with van der Waals surface area (Å²) in [5.74, 6) is -5.90. The predicted molar refractivity (Wildman–Crippen MR) is 194 cm³/mol. The molecule has 1 atom stereocenters. The minimum absolute atomic E-state index is 0.192.